The van der Waals surface area contributed by atoms with Gasteiger partial charge < -0.3 is 9.53 Å². The molecule has 1 rings (SSSR count). The molecule has 0 heterocycles. The van der Waals surface area contributed by atoms with Crippen molar-refractivity contribution in [2.75, 3.05) is 6.61 Å². The summed E-state index contributed by atoms with van der Waals surface area (Å²) >= 11 is 0. The van der Waals surface area contributed by atoms with E-state index in [0.29, 0.717) is 0 Å². The summed E-state index contributed by atoms with van der Waals surface area (Å²) in [7, 11) is -1.85. The molecule has 0 fully saturated rings. The lowest BCUT2D eigenvalue weighted by Crippen LogP contribution is -2.47. The number of benzene rings is 1. The second-order valence-electron chi connectivity index (χ2n) is 7.29. The minimum atomic E-state index is -1.85. The molecule has 0 spiro atoms. The van der Waals surface area contributed by atoms with Crippen LogP contribution in [-0.4, -0.2) is 20.0 Å². The average molecular weight is 295 g/mol. The minimum absolute atomic E-state index is 0.183. The van der Waals surface area contributed by atoms with Crippen molar-refractivity contribution in [3.8, 4) is 0 Å². The molecule has 0 saturated carbocycles. The molecule has 20 heavy (non-hydrogen) atoms. The van der Waals surface area contributed by atoms with Crippen LogP contribution in [0.2, 0.25) is 18.1 Å². The Kier molecular flexibility index (Phi) is 5.59. The molecular weight excluding hydrogens is 264 g/mol. The fraction of sp³-hybridized carbons (Fsp3) is 0.647. The highest BCUT2D eigenvalue weighted by Gasteiger charge is 2.43. The van der Waals surface area contributed by atoms with E-state index in [1.54, 1.807) is 0 Å². The normalized spacial score (nSPS) is 15.9. The van der Waals surface area contributed by atoms with E-state index in [0.717, 1.165) is 12.8 Å². The van der Waals surface area contributed by atoms with Crippen LogP contribution in [0.25, 0.3) is 0 Å². The van der Waals surface area contributed by atoms with Crippen LogP contribution >= 0.6 is 0 Å². The topological polar surface area (TPSA) is 29.5 Å². The monoisotopic (exact) mass is 294 g/mol. The number of aliphatic hydroxyl groups excluding tert-OH is 1. The van der Waals surface area contributed by atoms with E-state index < -0.39 is 8.32 Å². The zero-order chi connectivity index (χ0) is 15.4. The standard InChI is InChI=1S/C17H30O2Si/c1-16(2,3)20(5,6)19-17(4,13-10-14-18)15-11-8-7-9-12-15/h7-9,11-12,18H,10,13-14H2,1-6H3/t17-/m1/s1. The fourth-order valence-corrected chi connectivity index (χ4v) is 3.83. The SMILES string of the molecule is CC(C)(C)[Si](C)(C)O[C@](C)(CCCO)c1ccccc1. The molecule has 0 aliphatic carbocycles. The summed E-state index contributed by atoms with van der Waals surface area (Å²) in [6.45, 7) is 13.7. The van der Waals surface area contributed by atoms with Gasteiger partial charge in [0.25, 0.3) is 0 Å². The predicted molar refractivity (Wildman–Crippen MR) is 88.4 cm³/mol. The second kappa shape index (κ2) is 6.42. The summed E-state index contributed by atoms with van der Waals surface area (Å²) in [4.78, 5) is 0. The molecule has 0 aliphatic rings. The molecule has 0 bridgehead atoms. The first-order valence-electron chi connectivity index (χ1n) is 7.49. The van der Waals surface area contributed by atoms with Crippen LogP contribution in [0.1, 0.15) is 46.1 Å². The van der Waals surface area contributed by atoms with Crippen molar-refractivity contribution in [3.05, 3.63) is 35.9 Å². The molecule has 3 heteroatoms. The highest BCUT2D eigenvalue weighted by Crippen LogP contribution is 2.43. The third-order valence-electron chi connectivity index (χ3n) is 4.48. The van der Waals surface area contributed by atoms with E-state index >= 15 is 0 Å². The lowest BCUT2D eigenvalue weighted by molar-refractivity contribution is 0.0525. The van der Waals surface area contributed by atoms with Gasteiger partial charge in [-0.1, -0.05) is 51.1 Å². The summed E-state index contributed by atoms with van der Waals surface area (Å²) in [5.74, 6) is 0. The summed E-state index contributed by atoms with van der Waals surface area (Å²) in [5.41, 5.74) is 0.894. The second-order valence-corrected chi connectivity index (χ2v) is 12.0. The van der Waals surface area contributed by atoms with E-state index in [1.165, 1.54) is 5.56 Å². The van der Waals surface area contributed by atoms with Gasteiger partial charge in [-0.05, 0) is 43.5 Å². The Labute approximate surface area is 125 Å². The van der Waals surface area contributed by atoms with Crippen molar-refractivity contribution in [2.45, 2.75) is 64.3 Å². The first kappa shape index (κ1) is 17.4. The van der Waals surface area contributed by atoms with Gasteiger partial charge in [0.15, 0.2) is 8.32 Å². The molecule has 0 amide bonds. The molecule has 114 valence electrons. The Balaban J connectivity index is 3.07. The number of rotatable bonds is 6. The Morgan fingerprint density at radius 3 is 2.05 bits per heavy atom. The molecule has 1 aromatic carbocycles. The lowest BCUT2D eigenvalue weighted by atomic mass is 9.91. The average Bonchev–Trinajstić information content (AvgIpc) is 2.35. The molecular formula is C17H30O2Si. The number of hydrogen-bond acceptors (Lipinski definition) is 2. The maximum atomic E-state index is 9.19. The van der Waals surface area contributed by atoms with Gasteiger partial charge in [-0.2, -0.15) is 0 Å². The highest BCUT2D eigenvalue weighted by molar-refractivity contribution is 6.74. The Morgan fingerprint density at radius 2 is 1.60 bits per heavy atom. The molecule has 1 aromatic rings. The smallest absolute Gasteiger partial charge is 0.193 e. The van der Waals surface area contributed by atoms with Crippen LogP contribution in [0.3, 0.4) is 0 Å². The minimum Gasteiger partial charge on any atom is -0.408 e. The fourth-order valence-electron chi connectivity index (χ4n) is 2.18. The zero-order valence-corrected chi connectivity index (χ0v) is 14.9. The van der Waals surface area contributed by atoms with E-state index in [1.807, 2.05) is 6.07 Å². The van der Waals surface area contributed by atoms with Gasteiger partial charge in [-0.3, -0.25) is 0 Å². The Morgan fingerprint density at radius 1 is 1.05 bits per heavy atom. The van der Waals surface area contributed by atoms with Crippen LogP contribution in [0.5, 0.6) is 0 Å². The van der Waals surface area contributed by atoms with Gasteiger partial charge in [-0.25, -0.2) is 0 Å². The Hall–Kier alpha value is -0.643. The van der Waals surface area contributed by atoms with Gasteiger partial charge in [0.2, 0.25) is 0 Å². The van der Waals surface area contributed by atoms with Gasteiger partial charge in [0.05, 0.1) is 5.60 Å². The summed E-state index contributed by atoms with van der Waals surface area (Å²) < 4.78 is 6.71. The summed E-state index contributed by atoms with van der Waals surface area (Å²) in [6, 6.07) is 10.4. The van der Waals surface area contributed by atoms with Gasteiger partial charge in [0.1, 0.15) is 0 Å². The molecule has 0 saturated heterocycles. The Bertz CT molecular complexity index is 409. The predicted octanol–water partition coefficient (Wildman–Crippen LogP) is 4.70. The molecule has 0 unspecified atom stereocenters. The molecule has 0 aromatic heterocycles. The van der Waals surface area contributed by atoms with E-state index in [9.17, 15) is 5.11 Å². The lowest BCUT2D eigenvalue weighted by Gasteiger charge is -2.44. The van der Waals surface area contributed by atoms with Crippen molar-refractivity contribution < 1.29 is 9.53 Å². The van der Waals surface area contributed by atoms with Crippen LogP contribution in [0.4, 0.5) is 0 Å². The molecule has 1 N–H and O–H groups in total. The van der Waals surface area contributed by atoms with Gasteiger partial charge in [-0.15, -0.1) is 0 Å². The van der Waals surface area contributed by atoms with E-state index in [-0.39, 0.29) is 17.2 Å². The van der Waals surface area contributed by atoms with Crippen LogP contribution in [0, 0.1) is 0 Å². The van der Waals surface area contributed by atoms with E-state index in [4.69, 9.17) is 4.43 Å². The van der Waals surface area contributed by atoms with Gasteiger partial charge >= 0.3 is 0 Å². The first-order valence-corrected chi connectivity index (χ1v) is 10.4. The third kappa shape index (κ3) is 4.17. The van der Waals surface area contributed by atoms with Crippen molar-refractivity contribution in [2.24, 2.45) is 0 Å². The third-order valence-corrected chi connectivity index (χ3v) is 9.06. The maximum absolute atomic E-state index is 9.19. The quantitative estimate of drug-likeness (QED) is 0.771. The van der Waals surface area contributed by atoms with Crippen molar-refractivity contribution in [1.82, 2.24) is 0 Å². The summed E-state index contributed by atoms with van der Waals surface area (Å²) in [5, 5.41) is 9.37. The van der Waals surface area contributed by atoms with Crippen molar-refractivity contribution in [1.29, 1.82) is 0 Å². The highest BCUT2D eigenvalue weighted by atomic mass is 28.4. The van der Waals surface area contributed by atoms with Crippen molar-refractivity contribution >= 4 is 8.32 Å². The molecule has 0 radical (unpaired) electrons. The number of aliphatic hydroxyl groups is 1. The van der Waals surface area contributed by atoms with Crippen LogP contribution in [0.15, 0.2) is 30.3 Å². The first-order chi connectivity index (χ1) is 9.12. The molecule has 2 nitrogen and oxygen atoms in total. The largest absolute Gasteiger partial charge is 0.408 e. The van der Waals surface area contributed by atoms with Crippen LogP contribution < -0.4 is 0 Å². The molecule has 0 aliphatic heterocycles. The van der Waals surface area contributed by atoms with Gasteiger partial charge in [0, 0.05) is 6.61 Å². The van der Waals surface area contributed by atoms with Crippen LogP contribution in [-0.2, 0) is 10.0 Å². The number of hydrogen-bond donors (Lipinski definition) is 1. The summed E-state index contributed by atoms with van der Waals surface area (Å²) in [6.07, 6.45) is 1.61. The van der Waals surface area contributed by atoms with E-state index in [2.05, 4.69) is 65.1 Å². The molecule has 1 atom stereocenters. The van der Waals surface area contributed by atoms with Crippen molar-refractivity contribution in [3.63, 3.8) is 0 Å². The zero-order valence-electron chi connectivity index (χ0n) is 13.9. The maximum Gasteiger partial charge on any atom is 0.193 e.